The summed E-state index contributed by atoms with van der Waals surface area (Å²) in [6, 6.07) is 8.01. The van der Waals surface area contributed by atoms with Gasteiger partial charge >= 0.3 is 0 Å². The molecule has 2 nitrogen and oxygen atoms in total. The molecule has 16 heavy (non-hydrogen) atoms. The van der Waals surface area contributed by atoms with Gasteiger partial charge in [-0.25, -0.2) is 0 Å². The van der Waals surface area contributed by atoms with Crippen LogP contribution in [0.15, 0.2) is 24.3 Å². The van der Waals surface area contributed by atoms with E-state index < -0.39 is 5.60 Å². The van der Waals surface area contributed by atoms with Crippen LogP contribution in [0.25, 0.3) is 0 Å². The number of hydrogen-bond acceptors (Lipinski definition) is 2. The molecule has 2 unspecified atom stereocenters. The second-order valence-electron chi connectivity index (χ2n) is 4.38. The van der Waals surface area contributed by atoms with E-state index in [1.54, 1.807) is 0 Å². The lowest BCUT2D eigenvalue weighted by Gasteiger charge is -2.32. The third-order valence-corrected chi connectivity index (χ3v) is 3.86. The molecule has 90 valence electrons. The van der Waals surface area contributed by atoms with Gasteiger partial charge in [-0.2, -0.15) is 0 Å². The fraction of sp³-hybridized carbons (Fsp3) is 0.538. The molecule has 0 fully saturated rings. The predicted molar refractivity (Wildman–Crippen MR) is 76.2 cm³/mol. The van der Waals surface area contributed by atoms with E-state index in [1.165, 1.54) is 3.57 Å². The van der Waals surface area contributed by atoms with Gasteiger partial charge in [-0.3, -0.25) is 0 Å². The Hall–Kier alpha value is -0.130. The van der Waals surface area contributed by atoms with Crippen LogP contribution in [-0.2, 0) is 5.60 Å². The largest absolute Gasteiger partial charge is 0.385 e. The van der Waals surface area contributed by atoms with Crippen molar-refractivity contribution in [2.24, 2.45) is 11.7 Å². The molecule has 0 spiro atoms. The maximum atomic E-state index is 10.6. The molecule has 0 aromatic heterocycles. The van der Waals surface area contributed by atoms with E-state index in [9.17, 15) is 5.11 Å². The summed E-state index contributed by atoms with van der Waals surface area (Å²) in [5, 5.41) is 10.6. The first-order valence-electron chi connectivity index (χ1n) is 5.70. The van der Waals surface area contributed by atoms with Gasteiger partial charge in [-0.15, -0.1) is 0 Å². The van der Waals surface area contributed by atoms with Gasteiger partial charge in [-0.05, 0) is 60.2 Å². The first kappa shape index (κ1) is 13.9. The normalized spacial score (nSPS) is 16.8. The Morgan fingerprint density at radius 3 is 2.38 bits per heavy atom. The Balaban J connectivity index is 2.94. The van der Waals surface area contributed by atoms with Crippen molar-refractivity contribution in [3.63, 3.8) is 0 Å². The van der Waals surface area contributed by atoms with E-state index in [4.69, 9.17) is 5.73 Å². The van der Waals surface area contributed by atoms with E-state index in [2.05, 4.69) is 29.5 Å². The van der Waals surface area contributed by atoms with Crippen LogP contribution in [0.5, 0.6) is 0 Å². The van der Waals surface area contributed by atoms with Crippen LogP contribution >= 0.6 is 22.6 Å². The standard InChI is InChI=1S/C13H20INO/c1-3-4-11(9-15)13(2,16)10-5-7-12(14)8-6-10/h5-8,11,16H,3-4,9,15H2,1-2H3. The maximum absolute atomic E-state index is 10.6. The van der Waals surface area contributed by atoms with Crippen molar-refractivity contribution in [3.8, 4) is 0 Å². The summed E-state index contributed by atoms with van der Waals surface area (Å²) in [5.74, 6) is 0.123. The summed E-state index contributed by atoms with van der Waals surface area (Å²) < 4.78 is 1.18. The summed E-state index contributed by atoms with van der Waals surface area (Å²) in [6.07, 6.45) is 2.00. The zero-order chi connectivity index (χ0) is 12.2. The Bertz CT molecular complexity index is 321. The van der Waals surface area contributed by atoms with E-state index in [1.807, 2.05) is 31.2 Å². The summed E-state index contributed by atoms with van der Waals surface area (Å²) >= 11 is 2.26. The molecule has 0 aliphatic heterocycles. The van der Waals surface area contributed by atoms with Crippen molar-refractivity contribution in [2.45, 2.75) is 32.3 Å². The zero-order valence-corrected chi connectivity index (χ0v) is 12.1. The molecule has 0 bridgehead atoms. The molecule has 0 radical (unpaired) electrons. The van der Waals surface area contributed by atoms with Crippen LogP contribution in [0.3, 0.4) is 0 Å². The van der Waals surface area contributed by atoms with Crippen LogP contribution in [0.1, 0.15) is 32.3 Å². The number of benzene rings is 1. The molecule has 0 aliphatic rings. The van der Waals surface area contributed by atoms with Crippen molar-refractivity contribution in [3.05, 3.63) is 33.4 Å². The number of rotatable bonds is 5. The summed E-state index contributed by atoms with van der Waals surface area (Å²) in [7, 11) is 0. The summed E-state index contributed by atoms with van der Waals surface area (Å²) in [5.41, 5.74) is 5.88. The molecule has 2 atom stereocenters. The fourth-order valence-electron chi connectivity index (χ4n) is 2.00. The molecule has 1 rings (SSSR count). The summed E-state index contributed by atoms with van der Waals surface area (Å²) in [4.78, 5) is 0. The van der Waals surface area contributed by atoms with Gasteiger partial charge in [-0.1, -0.05) is 25.5 Å². The minimum atomic E-state index is -0.824. The smallest absolute Gasteiger partial charge is 0.0908 e. The minimum absolute atomic E-state index is 0.123. The lowest BCUT2D eigenvalue weighted by atomic mass is 9.80. The Morgan fingerprint density at radius 1 is 1.38 bits per heavy atom. The highest BCUT2D eigenvalue weighted by Gasteiger charge is 2.31. The highest BCUT2D eigenvalue weighted by molar-refractivity contribution is 14.1. The second-order valence-corrected chi connectivity index (χ2v) is 5.62. The molecule has 0 saturated carbocycles. The van der Waals surface area contributed by atoms with Crippen molar-refractivity contribution >= 4 is 22.6 Å². The summed E-state index contributed by atoms with van der Waals surface area (Å²) in [6.45, 7) is 4.50. The van der Waals surface area contributed by atoms with Crippen LogP contribution in [0.4, 0.5) is 0 Å². The topological polar surface area (TPSA) is 46.2 Å². The molecule has 3 heteroatoms. The van der Waals surface area contributed by atoms with Crippen LogP contribution in [-0.4, -0.2) is 11.7 Å². The predicted octanol–water partition coefficient (Wildman–Crippen LogP) is 2.87. The van der Waals surface area contributed by atoms with Crippen LogP contribution < -0.4 is 5.73 Å². The SMILES string of the molecule is CCCC(CN)C(C)(O)c1ccc(I)cc1. The molecule has 0 heterocycles. The first-order valence-corrected chi connectivity index (χ1v) is 6.78. The molecule has 0 saturated heterocycles. The molecule has 1 aromatic carbocycles. The lowest BCUT2D eigenvalue weighted by molar-refractivity contribution is -0.00628. The minimum Gasteiger partial charge on any atom is -0.385 e. The van der Waals surface area contributed by atoms with Crippen molar-refractivity contribution in [2.75, 3.05) is 6.54 Å². The molecule has 3 N–H and O–H groups in total. The molecular formula is C13H20INO. The van der Waals surface area contributed by atoms with E-state index in [0.717, 1.165) is 18.4 Å². The van der Waals surface area contributed by atoms with Crippen molar-refractivity contribution in [1.29, 1.82) is 0 Å². The average molecular weight is 333 g/mol. The Morgan fingerprint density at radius 2 is 1.94 bits per heavy atom. The maximum Gasteiger partial charge on any atom is 0.0908 e. The number of aliphatic hydroxyl groups is 1. The van der Waals surface area contributed by atoms with E-state index >= 15 is 0 Å². The highest BCUT2D eigenvalue weighted by atomic mass is 127. The number of hydrogen-bond donors (Lipinski definition) is 2. The average Bonchev–Trinajstić information content (AvgIpc) is 2.26. The van der Waals surface area contributed by atoms with Crippen molar-refractivity contribution < 1.29 is 5.11 Å². The van der Waals surface area contributed by atoms with Gasteiger partial charge in [0.2, 0.25) is 0 Å². The van der Waals surface area contributed by atoms with Crippen LogP contribution in [0, 0.1) is 9.49 Å². The number of nitrogens with two attached hydrogens (primary N) is 1. The molecule has 0 amide bonds. The van der Waals surface area contributed by atoms with Gasteiger partial charge < -0.3 is 10.8 Å². The molecule has 1 aromatic rings. The molecular weight excluding hydrogens is 313 g/mol. The first-order chi connectivity index (χ1) is 7.52. The third kappa shape index (κ3) is 3.18. The Labute approximate surface area is 111 Å². The van der Waals surface area contributed by atoms with Gasteiger partial charge in [0.25, 0.3) is 0 Å². The fourth-order valence-corrected chi connectivity index (χ4v) is 2.36. The lowest BCUT2D eigenvalue weighted by Crippen LogP contribution is -2.36. The quantitative estimate of drug-likeness (QED) is 0.814. The van der Waals surface area contributed by atoms with Gasteiger partial charge in [0.15, 0.2) is 0 Å². The van der Waals surface area contributed by atoms with Crippen molar-refractivity contribution in [1.82, 2.24) is 0 Å². The third-order valence-electron chi connectivity index (χ3n) is 3.15. The number of halogens is 1. The zero-order valence-electron chi connectivity index (χ0n) is 9.91. The van der Waals surface area contributed by atoms with E-state index in [-0.39, 0.29) is 5.92 Å². The van der Waals surface area contributed by atoms with Crippen LogP contribution in [0.2, 0.25) is 0 Å². The monoisotopic (exact) mass is 333 g/mol. The van der Waals surface area contributed by atoms with Gasteiger partial charge in [0.05, 0.1) is 5.60 Å². The second kappa shape index (κ2) is 5.98. The Kier molecular flexibility index (Phi) is 5.21. The van der Waals surface area contributed by atoms with E-state index in [0.29, 0.717) is 6.54 Å². The highest BCUT2D eigenvalue weighted by Crippen LogP contribution is 2.32. The van der Waals surface area contributed by atoms with Gasteiger partial charge in [0.1, 0.15) is 0 Å². The van der Waals surface area contributed by atoms with Gasteiger partial charge in [0, 0.05) is 9.49 Å². The molecule has 0 aliphatic carbocycles.